The molecule has 2 heterocycles. The number of halogens is 5. The van der Waals surface area contributed by atoms with Crippen LogP contribution in [0.4, 0.5) is 27.8 Å². The van der Waals surface area contributed by atoms with Crippen LogP contribution in [0.3, 0.4) is 0 Å². The molecule has 0 amide bonds. The highest BCUT2D eigenvalue weighted by molar-refractivity contribution is 5.88. The molecule has 1 N–H and O–H groups in total. The molecule has 0 spiro atoms. The van der Waals surface area contributed by atoms with Crippen molar-refractivity contribution in [3.63, 3.8) is 0 Å². The highest BCUT2D eigenvalue weighted by Crippen LogP contribution is 2.36. The standard InChI is InChI=1S/C17H14F5N3O2/c18-10-3-1-9(2-4-10)11-15(25-7-5-17(21,22)6-8-25)24-12(14(19)20)13(23-11)16(26)27/h1-4,14H,5-8H2,(H,26,27). The van der Waals surface area contributed by atoms with E-state index in [0.717, 1.165) is 12.1 Å². The normalized spacial score (nSPS) is 16.6. The smallest absolute Gasteiger partial charge is 0.356 e. The Morgan fingerprint density at radius 2 is 1.70 bits per heavy atom. The van der Waals surface area contributed by atoms with Gasteiger partial charge < -0.3 is 10.0 Å². The van der Waals surface area contributed by atoms with Crippen LogP contribution in [0.2, 0.25) is 0 Å². The van der Waals surface area contributed by atoms with Crippen LogP contribution < -0.4 is 4.90 Å². The summed E-state index contributed by atoms with van der Waals surface area (Å²) in [5.41, 5.74) is -1.82. The number of hydrogen-bond donors (Lipinski definition) is 1. The maximum atomic E-state index is 13.4. The second kappa shape index (κ2) is 7.09. The van der Waals surface area contributed by atoms with Crippen molar-refractivity contribution < 1.29 is 31.9 Å². The first-order chi connectivity index (χ1) is 12.7. The highest BCUT2D eigenvalue weighted by Gasteiger charge is 2.36. The number of aromatic nitrogens is 2. The lowest BCUT2D eigenvalue weighted by molar-refractivity contribution is -0.0221. The van der Waals surface area contributed by atoms with Gasteiger partial charge in [-0.2, -0.15) is 0 Å². The summed E-state index contributed by atoms with van der Waals surface area (Å²) in [6, 6.07) is 4.75. The van der Waals surface area contributed by atoms with Crippen molar-refractivity contribution in [2.75, 3.05) is 18.0 Å². The summed E-state index contributed by atoms with van der Waals surface area (Å²) in [7, 11) is 0. The topological polar surface area (TPSA) is 66.3 Å². The fourth-order valence-electron chi connectivity index (χ4n) is 2.82. The van der Waals surface area contributed by atoms with Crippen LogP contribution in [0, 0.1) is 5.82 Å². The molecule has 1 fully saturated rings. The van der Waals surface area contributed by atoms with Crippen LogP contribution >= 0.6 is 0 Å². The highest BCUT2D eigenvalue weighted by atomic mass is 19.3. The average Bonchev–Trinajstić information content (AvgIpc) is 2.61. The Morgan fingerprint density at radius 3 is 2.22 bits per heavy atom. The molecule has 3 rings (SSSR count). The first-order valence-corrected chi connectivity index (χ1v) is 8.00. The number of rotatable bonds is 4. The molecule has 1 aromatic carbocycles. The van der Waals surface area contributed by atoms with Crippen molar-refractivity contribution in [1.29, 1.82) is 0 Å². The number of carboxylic acid groups (broad SMARTS) is 1. The van der Waals surface area contributed by atoms with Crippen molar-refractivity contribution in [2.24, 2.45) is 0 Å². The van der Waals surface area contributed by atoms with Gasteiger partial charge in [0.1, 0.15) is 17.2 Å². The number of carbonyl (C=O) groups is 1. The van der Waals surface area contributed by atoms with Gasteiger partial charge in [-0.25, -0.2) is 36.7 Å². The lowest BCUT2D eigenvalue weighted by Crippen LogP contribution is -2.40. The summed E-state index contributed by atoms with van der Waals surface area (Å²) >= 11 is 0. The predicted molar refractivity (Wildman–Crippen MR) is 85.7 cm³/mol. The van der Waals surface area contributed by atoms with E-state index in [9.17, 15) is 31.9 Å². The number of piperidine rings is 1. The van der Waals surface area contributed by atoms with E-state index in [1.807, 2.05) is 0 Å². The minimum absolute atomic E-state index is 0.0815. The van der Waals surface area contributed by atoms with Gasteiger partial charge in [0.15, 0.2) is 11.5 Å². The first kappa shape index (κ1) is 19.0. The molecule has 10 heteroatoms. The maximum absolute atomic E-state index is 13.4. The lowest BCUT2D eigenvalue weighted by Gasteiger charge is -2.33. The van der Waals surface area contributed by atoms with Crippen LogP contribution in [0.25, 0.3) is 11.3 Å². The Balaban J connectivity index is 2.15. The van der Waals surface area contributed by atoms with Gasteiger partial charge in [0.2, 0.25) is 0 Å². The molecule has 1 saturated heterocycles. The first-order valence-electron chi connectivity index (χ1n) is 8.00. The number of aromatic carboxylic acids is 1. The van der Waals surface area contributed by atoms with E-state index in [1.54, 1.807) is 0 Å². The Labute approximate surface area is 150 Å². The third-order valence-corrected chi connectivity index (χ3v) is 4.23. The third-order valence-electron chi connectivity index (χ3n) is 4.23. The van der Waals surface area contributed by atoms with Crippen molar-refractivity contribution >= 4 is 11.8 Å². The molecule has 1 aliphatic heterocycles. The maximum Gasteiger partial charge on any atom is 0.356 e. The summed E-state index contributed by atoms with van der Waals surface area (Å²) in [4.78, 5) is 20.3. The SMILES string of the molecule is O=C(O)c1nc(-c2ccc(F)cc2)c(N2CCC(F)(F)CC2)nc1C(F)F. The van der Waals surface area contributed by atoms with Gasteiger partial charge in [-0.3, -0.25) is 0 Å². The molecule has 0 unspecified atom stereocenters. The van der Waals surface area contributed by atoms with E-state index in [4.69, 9.17) is 0 Å². The average molecular weight is 387 g/mol. The van der Waals surface area contributed by atoms with Crippen LogP contribution in [-0.2, 0) is 0 Å². The van der Waals surface area contributed by atoms with Crippen LogP contribution in [0.1, 0.15) is 35.4 Å². The monoisotopic (exact) mass is 387 g/mol. The number of nitrogens with zero attached hydrogens (tertiary/aromatic N) is 3. The fourth-order valence-corrected chi connectivity index (χ4v) is 2.82. The Hall–Kier alpha value is -2.78. The van der Waals surface area contributed by atoms with Crippen molar-refractivity contribution in [1.82, 2.24) is 9.97 Å². The van der Waals surface area contributed by atoms with Crippen LogP contribution in [0.5, 0.6) is 0 Å². The summed E-state index contributed by atoms with van der Waals surface area (Å²) in [6.45, 7) is -0.323. The zero-order chi connectivity index (χ0) is 19.8. The molecule has 0 atom stereocenters. The molecule has 27 heavy (non-hydrogen) atoms. The molecule has 1 aromatic heterocycles. The van der Waals surface area contributed by atoms with E-state index >= 15 is 0 Å². The Kier molecular flexibility index (Phi) is 4.99. The zero-order valence-electron chi connectivity index (χ0n) is 13.8. The van der Waals surface area contributed by atoms with Gasteiger partial charge in [0.05, 0.1) is 0 Å². The molecule has 1 aliphatic rings. The minimum Gasteiger partial charge on any atom is -0.476 e. The van der Waals surface area contributed by atoms with E-state index in [2.05, 4.69) is 9.97 Å². The van der Waals surface area contributed by atoms with Crippen LogP contribution in [0.15, 0.2) is 24.3 Å². The van der Waals surface area contributed by atoms with Crippen molar-refractivity contribution in [2.45, 2.75) is 25.2 Å². The third kappa shape index (κ3) is 3.99. The molecular formula is C17H14F5N3O2. The van der Waals surface area contributed by atoms with Gasteiger partial charge in [-0.05, 0) is 24.3 Å². The number of hydrogen-bond acceptors (Lipinski definition) is 4. The van der Waals surface area contributed by atoms with Crippen LogP contribution in [-0.4, -0.2) is 40.1 Å². The van der Waals surface area contributed by atoms with Gasteiger partial charge in [0.25, 0.3) is 12.3 Å². The Bertz CT molecular complexity index is 848. The summed E-state index contributed by atoms with van der Waals surface area (Å²) in [6.07, 6.45) is -4.21. The molecule has 144 valence electrons. The van der Waals surface area contributed by atoms with E-state index in [1.165, 1.54) is 17.0 Å². The number of benzene rings is 1. The summed E-state index contributed by atoms with van der Waals surface area (Å²) in [5, 5.41) is 9.19. The summed E-state index contributed by atoms with van der Waals surface area (Å²) < 4.78 is 66.7. The molecule has 0 bridgehead atoms. The fraction of sp³-hybridized carbons (Fsp3) is 0.353. The van der Waals surface area contributed by atoms with E-state index < -0.39 is 48.4 Å². The molecule has 0 radical (unpaired) electrons. The lowest BCUT2D eigenvalue weighted by atomic mass is 10.1. The number of anilines is 1. The molecular weight excluding hydrogens is 373 g/mol. The van der Waals surface area contributed by atoms with Gasteiger partial charge in [-0.15, -0.1) is 0 Å². The number of alkyl halides is 4. The van der Waals surface area contributed by atoms with Crippen molar-refractivity contribution in [3.8, 4) is 11.3 Å². The molecule has 5 nitrogen and oxygen atoms in total. The van der Waals surface area contributed by atoms with E-state index in [0.29, 0.717) is 0 Å². The Morgan fingerprint density at radius 1 is 1.11 bits per heavy atom. The second-order valence-electron chi connectivity index (χ2n) is 6.09. The largest absolute Gasteiger partial charge is 0.476 e. The van der Waals surface area contributed by atoms with Crippen molar-refractivity contribution in [3.05, 3.63) is 41.5 Å². The second-order valence-corrected chi connectivity index (χ2v) is 6.09. The van der Waals surface area contributed by atoms with Gasteiger partial charge >= 0.3 is 5.97 Å². The molecule has 0 aliphatic carbocycles. The summed E-state index contributed by atoms with van der Waals surface area (Å²) in [5.74, 6) is -5.25. The minimum atomic E-state index is -3.21. The van der Waals surface area contributed by atoms with E-state index in [-0.39, 0.29) is 30.2 Å². The molecule has 2 aromatic rings. The van der Waals surface area contributed by atoms with Gasteiger partial charge in [0, 0.05) is 31.5 Å². The van der Waals surface area contributed by atoms with Gasteiger partial charge in [-0.1, -0.05) is 0 Å². The zero-order valence-corrected chi connectivity index (χ0v) is 13.8. The number of carboxylic acids is 1. The molecule has 0 saturated carbocycles. The quantitative estimate of drug-likeness (QED) is 0.799. The predicted octanol–water partition coefficient (Wildman–Crippen LogP) is 4.15.